The molecule has 1 aliphatic carbocycles. The number of aliphatic carboxylic acids is 1. The van der Waals surface area contributed by atoms with E-state index in [0.29, 0.717) is 0 Å². The summed E-state index contributed by atoms with van der Waals surface area (Å²) in [5, 5.41) is 14.7. The van der Waals surface area contributed by atoms with Crippen LogP contribution in [0.1, 0.15) is 33.7 Å². The molecule has 1 aliphatic rings. The van der Waals surface area contributed by atoms with Crippen molar-refractivity contribution in [1.82, 2.24) is 16.1 Å². The molecule has 48 heavy (non-hydrogen) atoms. The number of rotatable bonds is 13. The SMILES string of the molecule is O=C(CONC(c1ccccc1)(c1ccccc1)c1ccccc1)NC[C@@H](NC(=O)OCC1c2ccccc2-c2ccccc21)C(=O)O. The topological polar surface area (TPSA) is 126 Å². The summed E-state index contributed by atoms with van der Waals surface area (Å²) in [6.45, 7) is -0.765. The third-order valence-corrected chi connectivity index (χ3v) is 8.49. The van der Waals surface area contributed by atoms with Crippen LogP contribution in [0.5, 0.6) is 0 Å². The van der Waals surface area contributed by atoms with Crippen molar-refractivity contribution in [2.75, 3.05) is 19.8 Å². The first-order valence-corrected chi connectivity index (χ1v) is 15.6. The van der Waals surface area contributed by atoms with E-state index in [4.69, 9.17) is 9.57 Å². The van der Waals surface area contributed by atoms with Gasteiger partial charge in [0.05, 0.1) is 0 Å². The minimum Gasteiger partial charge on any atom is -0.480 e. The van der Waals surface area contributed by atoms with Gasteiger partial charge in [0.15, 0.2) is 0 Å². The summed E-state index contributed by atoms with van der Waals surface area (Å²) in [5.74, 6) is -2.07. The Morgan fingerprint density at radius 2 is 1.12 bits per heavy atom. The standard InChI is InChI=1S/C39H35N3O6/c43-36(26-48-42-39(27-14-4-1-5-15-27,28-16-6-2-7-17-28)29-18-8-3-9-19-29)40-24-35(37(44)45)41-38(46)47-25-34-32-22-12-10-20-30(32)31-21-11-13-23-33(31)34/h1-23,34-35,42H,24-26H2,(H,40,43)(H,41,46)(H,44,45)/t35-/m1/s1. The van der Waals surface area contributed by atoms with Gasteiger partial charge in [-0.1, -0.05) is 140 Å². The quantitative estimate of drug-likeness (QED) is 0.0973. The van der Waals surface area contributed by atoms with Gasteiger partial charge in [0.2, 0.25) is 5.91 Å². The molecule has 0 fully saturated rings. The van der Waals surface area contributed by atoms with Gasteiger partial charge in [-0.25, -0.2) is 9.59 Å². The molecular weight excluding hydrogens is 606 g/mol. The first kappa shape index (κ1) is 32.2. The van der Waals surface area contributed by atoms with Crippen LogP contribution >= 0.6 is 0 Å². The van der Waals surface area contributed by atoms with Crippen LogP contribution in [0.25, 0.3) is 11.1 Å². The largest absolute Gasteiger partial charge is 0.480 e. The lowest BCUT2D eigenvalue weighted by atomic mass is 9.78. The van der Waals surface area contributed by atoms with Gasteiger partial charge < -0.3 is 20.5 Å². The number of carbonyl (C=O) groups is 3. The molecule has 2 amide bonds. The molecule has 0 heterocycles. The summed E-state index contributed by atoms with van der Waals surface area (Å²) in [7, 11) is 0. The Morgan fingerprint density at radius 3 is 1.60 bits per heavy atom. The number of nitrogens with one attached hydrogen (secondary N) is 3. The van der Waals surface area contributed by atoms with Crippen LogP contribution in [0.3, 0.4) is 0 Å². The Labute approximate surface area is 278 Å². The van der Waals surface area contributed by atoms with E-state index in [1.807, 2.05) is 140 Å². The Bertz CT molecular complexity index is 1730. The van der Waals surface area contributed by atoms with E-state index in [9.17, 15) is 19.5 Å². The zero-order chi connectivity index (χ0) is 33.3. The van der Waals surface area contributed by atoms with Crippen molar-refractivity contribution < 1.29 is 29.1 Å². The summed E-state index contributed by atoms with van der Waals surface area (Å²) in [4.78, 5) is 43.4. The fourth-order valence-electron chi connectivity index (χ4n) is 6.20. The second kappa shape index (κ2) is 14.8. The van der Waals surface area contributed by atoms with Gasteiger partial charge in [-0.2, -0.15) is 5.48 Å². The summed E-state index contributed by atoms with van der Waals surface area (Å²) in [6, 6.07) is 43.6. The van der Waals surface area contributed by atoms with Crippen LogP contribution in [0.15, 0.2) is 140 Å². The predicted molar refractivity (Wildman–Crippen MR) is 181 cm³/mol. The second-order valence-corrected chi connectivity index (χ2v) is 11.4. The van der Waals surface area contributed by atoms with Crippen molar-refractivity contribution in [3.63, 3.8) is 0 Å². The Hall–Kier alpha value is -5.77. The average Bonchev–Trinajstić information content (AvgIpc) is 3.45. The highest BCUT2D eigenvalue weighted by atomic mass is 16.6. The van der Waals surface area contributed by atoms with E-state index in [-0.39, 0.29) is 19.1 Å². The molecule has 5 aromatic carbocycles. The normalized spacial score (nSPS) is 12.8. The number of alkyl carbamates (subject to hydrolysis) is 1. The van der Waals surface area contributed by atoms with Crippen LogP contribution in [0, 0.1) is 0 Å². The number of carbonyl (C=O) groups excluding carboxylic acids is 2. The number of hydrogen-bond acceptors (Lipinski definition) is 6. The molecule has 6 rings (SSSR count). The van der Waals surface area contributed by atoms with Crippen molar-refractivity contribution in [2.45, 2.75) is 17.5 Å². The van der Waals surface area contributed by atoms with Crippen molar-refractivity contribution in [1.29, 1.82) is 0 Å². The Balaban J connectivity index is 1.07. The molecule has 0 saturated heterocycles. The number of hydroxylamine groups is 1. The van der Waals surface area contributed by atoms with E-state index >= 15 is 0 Å². The lowest BCUT2D eigenvalue weighted by Crippen LogP contribution is -2.50. The molecule has 0 radical (unpaired) electrons. The first-order chi connectivity index (χ1) is 23.5. The molecule has 4 N–H and O–H groups in total. The van der Waals surface area contributed by atoms with Crippen LogP contribution in [-0.2, 0) is 24.7 Å². The second-order valence-electron chi connectivity index (χ2n) is 11.4. The highest BCUT2D eigenvalue weighted by molar-refractivity contribution is 5.83. The third kappa shape index (κ3) is 6.83. The fraction of sp³-hybridized carbons (Fsp3) is 0.154. The van der Waals surface area contributed by atoms with Crippen LogP contribution in [0.2, 0.25) is 0 Å². The molecular formula is C39H35N3O6. The third-order valence-electron chi connectivity index (χ3n) is 8.49. The number of hydrogen-bond donors (Lipinski definition) is 4. The zero-order valence-electron chi connectivity index (χ0n) is 26.0. The number of carboxylic acid groups (broad SMARTS) is 1. The molecule has 0 spiro atoms. The molecule has 9 heteroatoms. The maximum absolute atomic E-state index is 12.9. The van der Waals surface area contributed by atoms with Crippen molar-refractivity contribution in [2.24, 2.45) is 0 Å². The smallest absolute Gasteiger partial charge is 0.407 e. The minimum absolute atomic E-state index is 0.0318. The number of benzene rings is 5. The average molecular weight is 642 g/mol. The minimum atomic E-state index is -1.42. The molecule has 0 aromatic heterocycles. The molecule has 0 aliphatic heterocycles. The maximum atomic E-state index is 12.9. The Morgan fingerprint density at radius 1 is 0.667 bits per heavy atom. The van der Waals surface area contributed by atoms with Gasteiger partial charge >= 0.3 is 12.1 Å². The maximum Gasteiger partial charge on any atom is 0.407 e. The number of ether oxygens (including phenoxy) is 1. The molecule has 242 valence electrons. The lowest BCUT2D eigenvalue weighted by Gasteiger charge is -2.36. The summed E-state index contributed by atoms with van der Waals surface area (Å²) < 4.78 is 5.49. The van der Waals surface area contributed by atoms with Gasteiger partial charge in [-0.3, -0.25) is 9.63 Å². The molecule has 9 nitrogen and oxygen atoms in total. The van der Waals surface area contributed by atoms with Crippen LogP contribution in [-0.4, -0.2) is 48.9 Å². The van der Waals surface area contributed by atoms with Gasteiger partial charge in [-0.05, 0) is 38.9 Å². The number of fused-ring (bicyclic) bond motifs is 3. The summed E-state index contributed by atoms with van der Waals surface area (Å²) in [5.41, 5.74) is 9.10. The van der Waals surface area contributed by atoms with Crippen molar-refractivity contribution >= 4 is 18.0 Å². The van der Waals surface area contributed by atoms with Crippen molar-refractivity contribution in [3.8, 4) is 11.1 Å². The van der Waals surface area contributed by atoms with Crippen LogP contribution in [0.4, 0.5) is 4.79 Å². The molecule has 0 bridgehead atoms. The Kier molecular flexibility index (Phi) is 9.90. The zero-order valence-corrected chi connectivity index (χ0v) is 26.0. The van der Waals surface area contributed by atoms with Gasteiger partial charge in [0.1, 0.15) is 24.8 Å². The van der Waals surface area contributed by atoms with E-state index in [1.54, 1.807) is 0 Å². The van der Waals surface area contributed by atoms with E-state index in [1.165, 1.54) is 0 Å². The number of carboxylic acids is 1. The van der Waals surface area contributed by atoms with E-state index < -0.39 is 36.2 Å². The highest BCUT2D eigenvalue weighted by Crippen LogP contribution is 2.44. The first-order valence-electron chi connectivity index (χ1n) is 15.6. The van der Waals surface area contributed by atoms with Crippen LogP contribution < -0.4 is 16.1 Å². The summed E-state index contributed by atoms with van der Waals surface area (Å²) >= 11 is 0. The lowest BCUT2D eigenvalue weighted by molar-refractivity contribution is -0.139. The highest BCUT2D eigenvalue weighted by Gasteiger charge is 2.37. The summed E-state index contributed by atoms with van der Waals surface area (Å²) in [6.07, 6.45) is -0.894. The monoisotopic (exact) mass is 641 g/mol. The molecule has 0 saturated carbocycles. The van der Waals surface area contributed by atoms with Gasteiger partial charge in [0, 0.05) is 12.5 Å². The fourth-order valence-corrected chi connectivity index (χ4v) is 6.20. The van der Waals surface area contributed by atoms with E-state index in [2.05, 4.69) is 16.1 Å². The number of amides is 2. The molecule has 1 atom stereocenters. The molecule has 0 unspecified atom stereocenters. The van der Waals surface area contributed by atoms with Gasteiger partial charge in [-0.15, -0.1) is 0 Å². The van der Waals surface area contributed by atoms with Crippen molar-refractivity contribution in [3.05, 3.63) is 167 Å². The molecule has 5 aromatic rings. The van der Waals surface area contributed by atoms with E-state index in [0.717, 1.165) is 38.9 Å². The van der Waals surface area contributed by atoms with Gasteiger partial charge in [0.25, 0.3) is 0 Å². The predicted octanol–water partition coefficient (Wildman–Crippen LogP) is 5.61.